The van der Waals surface area contributed by atoms with Gasteiger partial charge in [-0.3, -0.25) is 9.48 Å². The zero-order chi connectivity index (χ0) is 14.8. The van der Waals surface area contributed by atoms with Crippen LogP contribution >= 0.6 is 0 Å². The summed E-state index contributed by atoms with van der Waals surface area (Å²) in [5.74, 6) is -0.303. The minimum atomic E-state index is -0.303. The molecule has 0 saturated heterocycles. The van der Waals surface area contributed by atoms with Gasteiger partial charge in [0.2, 0.25) is 0 Å². The second-order valence-corrected chi connectivity index (χ2v) is 4.65. The molecule has 2 aromatic heterocycles. The van der Waals surface area contributed by atoms with Gasteiger partial charge in [-0.25, -0.2) is 4.98 Å². The number of para-hydroxylation sites is 1. The zero-order valence-corrected chi connectivity index (χ0v) is 11.6. The second kappa shape index (κ2) is 5.24. The standard InChI is InChI=1S/C15H15N5O/c1-2-20-9-10(8-17-20)18-15(21)14-7-12(16)11-5-3-4-6-13(11)19-14/h3-9H,2H2,1H3,(H2,16,19)(H,18,21). The van der Waals surface area contributed by atoms with E-state index in [0.717, 1.165) is 11.9 Å². The normalized spacial score (nSPS) is 10.7. The first-order chi connectivity index (χ1) is 10.2. The number of aryl methyl sites for hydroxylation is 1. The molecule has 3 N–H and O–H groups in total. The van der Waals surface area contributed by atoms with Gasteiger partial charge in [-0.2, -0.15) is 5.10 Å². The highest BCUT2D eigenvalue weighted by Crippen LogP contribution is 2.20. The highest BCUT2D eigenvalue weighted by molar-refractivity contribution is 6.05. The number of nitrogen functional groups attached to an aromatic ring is 1. The number of benzene rings is 1. The number of pyridine rings is 1. The summed E-state index contributed by atoms with van der Waals surface area (Å²) in [5, 5.41) is 7.71. The minimum Gasteiger partial charge on any atom is -0.398 e. The number of hydrogen-bond acceptors (Lipinski definition) is 4. The van der Waals surface area contributed by atoms with E-state index in [1.54, 1.807) is 23.1 Å². The van der Waals surface area contributed by atoms with E-state index in [2.05, 4.69) is 15.4 Å². The molecule has 21 heavy (non-hydrogen) atoms. The maximum atomic E-state index is 12.2. The molecule has 6 nitrogen and oxygen atoms in total. The smallest absolute Gasteiger partial charge is 0.274 e. The van der Waals surface area contributed by atoms with Crippen molar-refractivity contribution in [2.24, 2.45) is 0 Å². The molecule has 0 bridgehead atoms. The highest BCUT2D eigenvalue weighted by Gasteiger charge is 2.11. The molecule has 0 aliphatic rings. The van der Waals surface area contributed by atoms with Crippen LogP contribution in [0.3, 0.4) is 0 Å². The maximum absolute atomic E-state index is 12.2. The Balaban J connectivity index is 1.90. The van der Waals surface area contributed by atoms with Crippen molar-refractivity contribution in [1.82, 2.24) is 14.8 Å². The van der Waals surface area contributed by atoms with Gasteiger partial charge in [0.1, 0.15) is 5.69 Å². The molecule has 6 heteroatoms. The number of rotatable bonds is 3. The first-order valence-corrected chi connectivity index (χ1v) is 6.66. The Kier molecular flexibility index (Phi) is 3.27. The Morgan fingerprint density at radius 3 is 2.95 bits per heavy atom. The molecule has 0 saturated carbocycles. The van der Waals surface area contributed by atoms with Crippen molar-refractivity contribution in [3.8, 4) is 0 Å². The summed E-state index contributed by atoms with van der Waals surface area (Å²) in [4.78, 5) is 16.6. The Morgan fingerprint density at radius 1 is 1.38 bits per heavy atom. The number of carbonyl (C=O) groups is 1. The Hall–Kier alpha value is -2.89. The summed E-state index contributed by atoms with van der Waals surface area (Å²) in [5.41, 5.74) is 8.14. The third-order valence-electron chi connectivity index (χ3n) is 3.20. The molecule has 1 amide bonds. The van der Waals surface area contributed by atoms with E-state index in [-0.39, 0.29) is 11.6 Å². The molecule has 0 spiro atoms. The third-order valence-corrected chi connectivity index (χ3v) is 3.20. The summed E-state index contributed by atoms with van der Waals surface area (Å²) in [6.45, 7) is 2.72. The van der Waals surface area contributed by atoms with Crippen molar-refractivity contribution < 1.29 is 4.79 Å². The number of fused-ring (bicyclic) bond motifs is 1. The number of amides is 1. The monoisotopic (exact) mass is 281 g/mol. The molecule has 0 aliphatic heterocycles. The molecule has 1 aromatic carbocycles. The predicted molar refractivity (Wildman–Crippen MR) is 82.0 cm³/mol. The number of nitrogens with one attached hydrogen (secondary N) is 1. The Morgan fingerprint density at radius 2 is 2.19 bits per heavy atom. The lowest BCUT2D eigenvalue weighted by Gasteiger charge is -2.06. The first kappa shape index (κ1) is 13.1. The van der Waals surface area contributed by atoms with Crippen LogP contribution in [0, 0.1) is 0 Å². The van der Waals surface area contributed by atoms with Gasteiger partial charge in [0.15, 0.2) is 0 Å². The van der Waals surface area contributed by atoms with E-state index in [1.807, 2.05) is 31.2 Å². The molecular formula is C15H15N5O. The lowest BCUT2D eigenvalue weighted by molar-refractivity contribution is 0.102. The van der Waals surface area contributed by atoms with Gasteiger partial charge in [-0.15, -0.1) is 0 Å². The van der Waals surface area contributed by atoms with Gasteiger partial charge in [0, 0.05) is 23.8 Å². The SMILES string of the molecule is CCn1cc(NC(=O)c2cc(N)c3ccccc3n2)cn1. The quantitative estimate of drug-likeness (QED) is 0.771. The van der Waals surface area contributed by atoms with E-state index in [1.165, 1.54) is 0 Å². The van der Waals surface area contributed by atoms with Crippen molar-refractivity contribution in [2.45, 2.75) is 13.5 Å². The Labute approximate surface area is 121 Å². The number of hydrogen-bond donors (Lipinski definition) is 2. The van der Waals surface area contributed by atoms with Crippen LogP contribution < -0.4 is 11.1 Å². The fourth-order valence-electron chi connectivity index (χ4n) is 2.11. The van der Waals surface area contributed by atoms with Crippen LogP contribution in [-0.2, 0) is 6.54 Å². The Bertz CT molecular complexity index is 809. The van der Waals surface area contributed by atoms with E-state index in [0.29, 0.717) is 16.9 Å². The first-order valence-electron chi connectivity index (χ1n) is 6.66. The molecule has 3 aromatic rings. The summed E-state index contributed by atoms with van der Waals surface area (Å²) < 4.78 is 1.73. The van der Waals surface area contributed by atoms with Crippen molar-refractivity contribution >= 4 is 28.2 Å². The fraction of sp³-hybridized carbons (Fsp3) is 0.133. The fourth-order valence-corrected chi connectivity index (χ4v) is 2.11. The molecule has 0 unspecified atom stereocenters. The summed E-state index contributed by atoms with van der Waals surface area (Å²) >= 11 is 0. The second-order valence-electron chi connectivity index (χ2n) is 4.65. The van der Waals surface area contributed by atoms with Gasteiger partial charge < -0.3 is 11.1 Å². The largest absolute Gasteiger partial charge is 0.398 e. The average molecular weight is 281 g/mol. The number of nitrogens with two attached hydrogens (primary N) is 1. The number of anilines is 2. The summed E-state index contributed by atoms with van der Waals surface area (Å²) in [6.07, 6.45) is 3.37. The van der Waals surface area contributed by atoms with Gasteiger partial charge in [-0.05, 0) is 19.1 Å². The topological polar surface area (TPSA) is 85.8 Å². The average Bonchev–Trinajstić information content (AvgIpc) is 2.95. The van der Waals surface area contributed by atoms with Crippen LogP contribution in [0.4, 0.5) is 11.4 Å². The minimum absolute atomic E-state index is 0.287. The number of nitrogens with zero attached hydrogens (tertiary/aromatic N) is 3. The number of aromatic nitrogens is 3. The van der Waals surface area contributed by atoms with Crippen LogP contribution in [0.15, 0.2) is 42.7 Å². The van der Waals surface area contributed by atoms with E-state index < -0.39 is 0 Å². The molecule has 0 fully saturated rings. The van der Waals surface area contributed by atoms with E-state index >= 15 is 0 Å². The molecular weight excluding hydrogens is 266 g/mol. The number of carbonyl (C=O) groups excluding carboxylic acids is 1. The molecule has 0 aliphatic carbocycles. The van der Waals surface area contributed by atoms with Crippen molar-refractivity contribution in [2.75, 3.05) is 11.1 Å². The molecule has 0 atom stereocenters. The molecule has 106 valence electrons. The van der Waals surface area contributed by atoms with E-state index in [4.69, 9.17) is 5.73 Å². The highest BCUT2D eigenvalue weighted by atomic mass is 16.1. The predicted octanol–water partition coefficient (Wildman–Crippen LogP) is 2.29. The van der Waals surface area contributed by atoms with Crippen LogP contribution in [-0.4, -0.2) is 20.7 Å². The molecule has 2 heterocycles. The maximum Gasteiger partial charge on any atom is 0.274 e. The van der Waals surface area contributed by atoms with Gasteiger partial charge >= 0.3 is 0 Å². The van der Waals surface area contributed by atoms with Crippen LogP contribution in [0.1, 0.15) is 17.4 Å². The van der Waals surface area contributed by atoms with Gasteiger partial charge in [0.25, 0.3) is 5.91 Å². The zero-order valence-electron chi connectivity index (χ0n) is 11.6. The van der Waals surface area contributed by atoms with Crippen LogP contribution in [0.5, 0.6) is 0 Å². The lowest BCUT2D eigenvalue weighted by atomic mass is 10.1. The van der Waals surface area contributed by atoms with Crippen LogP contribution in [0.2, 0.25) is 0 Å². The summed E-state index contributed by atoms with van der Waals surface area (Å²) in [6, 6.07) is 9.05. The molecule has 0 radical (unpaired) electrons. The van der Waals surface area contributed by atoms with Crippen molar-refractivity contribution in [1.29, 1.82) is 0 Å². The molecule has 3 rings (SSSR count). The van der Waals surface area contributed by atoms with Crippen molar-refractivity contribution in [3.05, 3.63) is 48.4 Å². The summed E-state index contributed by atoms with van der Waals surface area (Å²) in [7, 11) is 0. The third kappa shape index (κ3) is 2.55. The van der Waals surface area contributed by atoms with Crippen molar-refractivity contribution in [3.63, 3.8) is 0 Å². The van der Waals surface area contributed by atoms with Gasteiger partial charge in [0.05, 0.1) is 17.4 Å². The van der Waals surface area contributed by atoms with Crippen LogP contribution in [0.25, 0.3) is 10.9 Å². The van der Waals surface area contributed by atoms with Gasteiger partial charge in [-0.1, -0.05) is 18.2 Å². The van der Waals surface area contributed by atoms with E-state index in [9.17, 15) is 4.79 Å². The lowest BCUT2D eigenvalue weighted by Crippen LogP contribution is -2.14.